The fourth-order valence-corrected chi connectivity index (χ4v) is 3.14. The van der Waals surface area contributed by atoms with Crippen LogP contribution in [-0.4, -0.2) is 17.0 Å². The van der Waals surface area contributed by atoms with Gasteiger partial charge in [0.2, 0.25) is 0 Å². The Kier molecular flexibility index (Phi) is 5.28. The number of carbonyl (C=O) groups is 1. The molecule has 8 heteroatoms. The van der Waals surface area contributed by atoms with Gasteiger partial charge in [-0.15, -0.1) is 0 Å². The summed E-state index contributed by atoms with van der Waals surface area (Å²) in [5.74, 6) is 0.350. The Morgan fingerprint density at radius 2 is 1.83 bits per heavy atom. The van der Waals surface area contributed by atoms with Crippen molar-refractivity contribution in [1.29, 1.82) is 0 Å². The molecule has 4 aromatic rings. The summed E-state index contributed by atoms with van der Waals surface area (Å²) in [4.78, 5) is 22.8. The van der Waals surface area contributed by atoms with Crippen LogP contribution in [0.15, 0.2) is 82.3 Å². The smallest absolute Gasteiger partial charge is 0.271 e. The summed E-state index contributed by atoms with van der Waals surface area (Å²) >= 11 is 6.13. The first-order valence-electron chi connectivity index (χ1n) is 8.87. The van der Waals surface area contributed by atoms with Crippen molar-refractivity contribution in [1.82, 2.24) is 5.43 Å². The molecular formula is C22H14ClN3O4. The van der Waals surface area contributed by atoms with Crippen molar-refractivity contribution >= 4 is 40.2 Å². The molecule has 0 aliphatic carbocycles. The van der Waals surface area contributed by atoms with Gasteiger partial charge in [0.1, 0.15) is 11.5 Å². The van der Waals surface area contributed by atoms with Gasteiger partial charge in [-0.2, -0.15) is 5.10 Å². The van der Waals surface area contributed by atoms with Crippen LogP contribution in [0.2, 0.25) is 5.02 Å². The van der Waals surface area contributed by atoms with Gasteiger partial charge < -0.3 is 4.42 Å². The Hall–Kier alpha value is -3.97. The average molecular weight is 420 g/mol. The maximum atomic E-state index is 12.3. The van der Waals surface area contributed by atoms with E-state index in [4.69, 9.17) is 16.0 Å². The van der Waals surface area contributed by atoms with Crippen molar-refractivity contribution in [3.63, 3.8) is 0 Å². The molecule has 0 aliphatic rings. The third-order valence-electron chi connectivity index (χ3n) is 4.42. The van der Waals surface area contributed by atoms with Crippen LogP contribution < -0.4 is 5.43 Å². The molecule has 3 aromatic carbocycles. The van der Waals surface area contributed by atoms with Crippen LogP contribution in [-0.2, 0) is 0 Å². The summed E-state index contributed by atoms with van der Waals surface area (Å²) in [6.07, 6.45) is 1.34. The molecule has 0 fully saturated rings. The van der Waals surface area contributed by atoms with Crippen molar-refractivity contribution < 1.29 is 14.1 Å². The molecule has 0 bridgehead atoms. The molecule has 7 nitrogen and oxygen atoms in total. The van der Waals surface area contributed by atoms with E-state index in [9.17, 15) is 14.9 Å². The molecule has 1 heterocycles. The van der Waals surface area contributed by atoms with Gasteiger partial charge in [0.05, 0.1) is 16.2 Å². The van der Waals surface area contributed by atoms with Gasteiger partial charge in [-0.05, 0) is 41.1 Å². The van der Waals surface area contributed by atoms with Crippen LogP contribution in [0, 0.1) is 10.1 Å². The van der Waals surface area contributed by atoms with E-state index in [0.717, 1.165) is 10.8 Å². The average Bonchev–Trinajstić information content (AvgIpc) is 3.22. The molecule has 148 valence electrons. The summed E-state index contributed by atoms with van der Waals surface area (Å²) in [5, 5.41) is 17.2. The van der Waals surface area contributed by atoms with Crippen LogP contribution in [0.3, 0.4) is 0 Å². The molecule has 4 rings (SSSR count). The number of nitro groups is 1. The zero-order valence-corrected chi connectivity index (χ0v) is 16.2. The van der Waals surface area contributed by atoms with Crippen molar-refractivity contribution in [3.8, 4) is 11.3 Å². The predicted octanol–water partition coefficient (Wildman–Crippen LogP) is 5.43. The number of nitro benzene ring substituents is 1. The minimum absolute atomic E-state index is 0.0938. The number of benzene rings is 3. The molecule has 0 aliphatic heterocycles. The van der Waals surface area contributed by atoms with Gasteiger partial charge in [0.15, 0.2) is 0 Å². The normalized spacial score (nSPS) is 11.1. The highest BCUT2D eigenvalue weighted by atomic mass is 35.5. The topological polar surface area (TPSA) is 97.7 Å². The number of amides is 1. The summed E-state index contributed by atoms with van der Waals surface area (Å²) in [6.45, 7) is 0. The molecule has 0 saturated heterocycles. The van der Waals surface area contributed by atoms with Gasteiger partial charge in [0.25, 0.3) is 11.6 Å². The van der Waals surface area contributed by atoms with Gasteiger partial charge in [-0.25, -0.2) is 5.43 Å². The SMILES string of the molecule is O=C(N/N=C\c1ccc(-c2cc([N+](=O)[O-])ccc2Cl)o1)c1ccc2ccccc2c1. The fraction of sp³-hybridized carbons (Fsp3) is 0. The molecule has 0 spiro atoms. The number of nitrogens with zero attached hydrogens (tertiary/aromatic N) is 2. The fourth-order valence-electron chi connectivity index (χ4n) is 2.93. The van der Waals surface area contributed by atoms with E-state index in [0.29, 0.717) is 27.7 Å². The predicted molar refractivity (Wildman–Crippen MR) is 115 cm³/mol. The molecule has 0 atom stereocenters. The number of nitrogens with one attached hydrogen (secondary N) is 1. The highest BCUT2D eigenvalue weighted by Gasteiger charge is 2.14. The molecule has 30 heavy (non-hydrogen) atoms. The summed E-state index contributed by atoms with van der Waals surface area (Å²) in [6, 6.07) is 20.5. The van der Waals surface area contributed by atoms with Gasteiger partial charge in [-0.3, -0.25) is 14.9 Å². The largest absolute Gasteiger partial charge is 0.455 e. The second kappa shape index (κ2) is 8.18. The molecule has 1 amide bonds. The molecule has 1 aromatic heterocycles. The minimum atomic E-state index is -0.506. The number of halogens is 1. The Balaban J connectivity index is 1.47. The molecule has 1 N–H and O–H groups in total. The van der Waals surface area contributed by atoms with Gasteiger partial charge in [-0.1, -0.05) is 41.9 Å². The first-order chi connectivity index (χ1) is 14.5. The van der Waals surface area contributed by atoms with E-state index in [1.54, 1.807) is 24.3 Å². The maximum Gasteiger partial charge on any atom is 0.271 e. The summed E-state index contributed by atoms with van der Waals surface area (Å²) in [7, 11) is 0. The zero-order chi connectivity index (χ0) is 21.1. The monoisotopic (exact) mass is 419 g/mol. The van der Waals surface area contributed by atoms with E-state index in [2.05, 4.69) is 10.5 Å². The standard InChI is InChI=1S/C22H14ClN3O4/c23-20-9-7-17(26(28)29)12-19(20)21-10-8-18(30-21)13-24-25-22(27)16-6-5-14-3-1-2-4-15(14)11-16/h1-13H,(H,25,27)/b24-13-. The number of fused-ring (bicyclic) bond motifs is 1. The number of furan rings is 1. The van der Waals surface area contributed by atoms with E-state index in [-0.39, 0.29) is 11.6 Å². The summed E-state index contributed by atoms with van der Waals surface area (Å²) < 4.78 is 5.62. The quantitative estimate of drug-likeness (QED) is 0.265. The number of non-ortho nitro benzene ring substituents is 1. The van der Waals surface area contributed by atoms with Crippen molar-refractivity contribution in [2.75, 3.05) is 0 Å². The molecular weight excluding hydrogens is 406 g/mol. The Morgan fingerprint density at radius 1 is 1.03 bits per heavy atom. The number of rotatable bonds is 5. The number of hydrogen-bond donors (Lipinski definition) is 1. The highest BCUT2D eigenvalue weighted by Crippen LogP contribution is 2.32. The second-order valence-corrected chi connectivity index (χ2v) is 6.79. The van der Waals surface area contributed by atoms with E-state index >= 15 is 0 Å². The second-order valence-electron chi connectivity index (χ2n) is 6.38. The van der Waals surface area contributed by atoms with Crippen LogP contribution in [0.1, 0.15) is 16.1 Å². The van der Waals surface area contributed by atoms with E-state index in [1.165, 1.54) is 24.4 Å². The van der Waals surface area contributed by atoms with Gasteiger partial charge >= 0.3 is 0 Å². The zero-order valence-electron chi connectivity index (χ0n) is 15.4. The lowest BCUT2D eigenvalue weighted by Crippen LogP contribution is -2.17. The Labute approximate surface area is 175 Å². The van der Waals surface area contributed by atoms with Crippen molar-refractivity contribution in [2.45, 2.75) is 0 Å². The lowest BCUT2D eigenvalue weighted by molar-refractivity contribution is -0.384. The molecule has 0 unspecified atom stereocenters. The minimum Gasteiger partial charge on any atom is -0.455 e. The van der Waals surface area contributed by atoms with Gasteiger partial charge in [0, 0.05) is 23.3 Å². The Bertz CT molecular complexity index is 1300. The third-order valence-corrected chi connectivity index (χ3v) is 4.75. The number of carbonyl (C=O) groups excluding carboxylic acids is 1. The number of hydrazone groups is 1. The van der Waals surface area contributed by atoms with Crippen molar-refractivity contribution in [2.24, 2.45) is 5.10 Å². The molecule has 0 radical (unpaired) electrons. The first-order valence-corrected chi connectivity index (χ1v) is 9.25. The van der Waals surface area contributed by atoms with Crippen LogP contribution in [0.5, 0.6) is 0 Å². The lowest BCUT2D eigenvalue weighted by Gasteiger charge is -2.02. The lowest BCUT2D eigenvalue weighted by atomic mass is 10.1. The number of hydrogen-bond acceptors (Lipinski definition) is 5. The van der Waals surface area contributed by atoms with Crippen LogP contribution >= 0.6 is 11.6 Å². The highest BCUT2D eigenvalue weighted by molar-refractivity contribution is 6.33. The van der Waals surface area contributed by atoms with E-state index in [1.807, 2.05) is 30.3 Å². The summed E-state index contributed by atoms with van der Waals surface area (Å²) in [5.41, 5.74) is 3.23. The van der Waals surface area contributed by atoms with Crippen molar-refractivity contribution in [3.05, 3.63) is 99.3 Å². The Morgan fingerprint density at radius 3 is 2.63 bits per heavy atom. The van der Waals surface area contributed by atoms with Crippen LogP contribution in [0.25, 0.3) is 22.1 Å². The van der Waals surface area contributed by atoms with Crippen LogP contribution in [0.4, 0.5) is 5.69 Å². The molecule has 0 saturated carbocycles. The third kappa shape index (κ3) is 4.06. The van der Waals surface area contributed by atoms with E-state index < -0.39 is 4.92 Å². The first kappa shape index (κ1) is 19.4. The maximum absolute atomic E-state index is 12.3.